The quantitative estimate of drug-likeness (QED) is 0.617. The minimum absolute atomic E-state index is 0.447. The summed E-state index contributed by atoms with van der Waals surface area (Å²) in [6.07, 6.45) is 3.19. The molecular weight excluding hydrogens is 140 g/mol. The largest absolute Gasteiger partial charge is 0.342 e. The van der Waals surface area contributed by atoms with Gasteiger partial charge in [0.15, 0.2) is 5.82 Å². The standard InChI is InChI=1S/C7H10N4/c1-3-9-7-6(5(2)8)10-4-11-7/h3-4,8H,1-2H3,(H,10,11). The van der Waals surface area contributed by atoms with E-state index in [2.05, 4.69) is 15.0 Å². The number of hydrogen-bond donors (Lipinski definition) is 2. The highest BCUT2D eigenvalue weighted by Crippen LogP contribution is 2.12. The van der Waals surface area contributed by atoms with E-state index in [4.69, 9.17) is 5.41 Å². The zero-order valence-corrected chi connectivity index (χ0v) is 6.55. The van der Waals surface area contributed by atoms with E-state index in [1.54, 1.807) is 13.1 Å². The summed E-state index contributed by atoms with van der Waals surface area (Å²) in [4.78, 5) is 10.8. The fraction of sp³-hybridized carbons (Fsp3) is 0.286. The topological polar surface area (TPSA) is 64.9 Å². The van der Waals surface area contributed by atoms with Gasteiger partial charge in [-0.15, -0.1) is 0 Å². The predicted molar refractivity (Wildman–Crippen MR) is 44.9 cm³/mol. The van der Waals surface area contributed by atoms with Gasteiger partial charge in [0.1, 0.15) is 5.69 Å². The molecule has 0 atom stereocenters. The van der Waals surface area contributed by atoms with E-state index in [0.717, 1.165) is 0 Å². The van der Waals surface area contributed by atoms with Gasteiger partial charge in [0.2, 0.25) is 0 Å². The molecule has 1 aromatic heterocycles. The number of rotatable bonds is 2. The summed E-state index contributed by atoms with van der Waals surface area (Å²) in [6, 6.07) is 0. The Hall–Kier alpha value is -1.45. The lowest BCUT2D eigenvalue weighted by Crippen LogP contribution is -1.91. The molecule has 4 heteroatoms. The van der Waals surface area contributed by atoms with Crippen LogP contribution < -0.4 is 0 Å². The van der Waals surface area contributed by atoms with Gasteiger partial charge < -0.3 is 10.4 Å². The molecule has 0 aliphatic rings. The first kappa shape index (κ1) is 7.65. The number of hydrogen-bond acceptors (Lipinski definition) is 3. The highest BCUT2D eigenvalue weighted by atomic mass is 15.0. The van der Waals surface area contributed by atoms with Crippen molar-refractivity contribution < 1.29 is 0 Å². The maximum Gasteiger partial charge on any atom is 0.178 e. The van der Waals surface area contributed by atoms with E-state index in [0.29, 0.717) is 17.2 Å². The normalized spacial score (nSPS) is 10.7. The fourth-order valence-corrected chi connectivity index (χ4v) is 0.783. The molecule has 0 aliphatic heterocycles. The first-order valence-electron chi connectivity index (χ1n) is 3.33. The highest BCUT2D eigenvalue weighted by molar-refractivity contribution is 5.98. The summed E-state index contributed by atoms with van der Waals surface area (Å²) >= 11 is 0. The molecule has 58 valence electrons. The van der Waals surface area contributed by atoms with Crippen molar-refractivity contribution in [1.82, 2.24) is 9.97 Å². The van der Waals surface area contributed by atoms with Gasteiger partial charge in [-0.2, -0.15) is 0 Å². The molecular formula is C7H10N4. The second kappa shape index (κ2) is 3.09. The van der Waals surface area contributed by atoms with Crippen LogP contribution in [-0.2, 0) is 0 Å². The molecule has 0 radical (unpaired) electrons. The van der Waals surface area contributed by atoms with E-state index in [9.17, 15) is 0 Å². The van der Waals surface area contributed by atoms with E-state index in [1.807, 2.05) is 6.92 Å². The second-order valence-corrected chi connectivity index (χ2v) is 2.11. The van der Waals surface area contributed by atoms with E-state index in [1.165, 1.54) is 6.33 Å². The minimum atomic E-state index is 0.447. The van der Waals surface area contributed by atoms with Gasteiger partial charge in [0.05, 0.1) is 12.0 Å². The maximum atomic E-state index is 7.33. The van der Waals surface area contributed by atoms with Gasteiger partial charge in [0, 0.05) is 6.21 Å². The monoisotopic (exact) mass is 150 g/mol. The Labute approximate surface area is 64.9 Å². The lowest BCUT2D eigenvalue weighted by molar-refractivity contribution is 1.29. The molecule has 2 N–H and O–H groups in total. The molecule has 0 amide bonds. The summed E-state index contributed by atoms with van der Waals surface area (Å²) < 4.78 is 0. The summed E-state index contributed by atoms with van der Waals surface area (Å²) in [5, 5.41) is 7.33. The Bertz CT molecular complexity index is 284. The lowest BCUT2D eigenvalue weighted by Gasteiger charge is -1.91. The third-order valence-electron chi connectivity index (χ3n) is 1.25. The van der Waals surface area contributed by atoms with Gasteiger partial charge in [-0.3, -0.25) is 0 Å². The number of nitrogens with one attached hydrogen (secondary N) is 2. The van der Waals surface area contributed by atoms with Crippen LogP contribution in [0.1, 0.15) is 19.5 Å². The molecule has 0 saturated heterocycles. The maximum absolute atomic E-state index is 7.33. The number of aromatic nitrogens is 2. The molecule has 0 aliphatic carbocycles. The number of H-pyrrole nitrogens is 1. The number of aromatic amines is 1. The highest BCUT2D eigenvalue weighted by Gasteiger charge is 2.03. The van der Waals surface area contributed by atoms with E-state index >= 15 is 0 Å². The Morgan fingerprint density at radius 2 is 2.55 bits per heavy atom. The SMILES string of the molecule is CC=Nc1nc[nH]c1C(C)=N. The first-order valence-corrected chi connectivity index (χ1v) is 3.33. The Balaban J connectivity index is 3.05. The van der Waals surface area contributed by atoms with Crippen molar-refractivity contribution in [2.24, 2.45) is 4.99 Å². The van der Waals surface area contributed by atoms with Crippen LogP contribution in [0.2, 0.25) is 0 Å². The van der Waals surface area contributed by atoms with Gasteiger partial charge in [0.25, 0.3) is 0 Å². The van der Waals surface area contributed by atoms with E-state index < -0.39 is 0 Å². The second-order valence-electron chi connectivity index (χ2n) is 2.11. The molecule has 0 spiro atoms. The van der Waals surface area contributed by atoms with Crippen molar-refractivity contribution in [3.05, 3.63) is 12.0 Å². The first-order chi connectivity index (χ1) is 5.25. The molecule has 0 bridgehead atoms. The van der Waals surface area contributed by atoms with Crippen LogP contribution in [0.3, 0.4) is 0 Å². The number of nitrogens with zero attached hydrogens (tertiary/aromatic N) is 2. The molecule has 0 aromatic carbocycles. The molecule has 0 saturated carbocycles. The number of aliphatic imine (C=N–C) groups is 1. The third kappa shape index (κ3) is 1.52. The van der Waals surface area contributed by atoms with Crippen molar-refractivity contribution in [2.75, 3.05) is 0 Å². The van der Waals surface area contributed by atoms with Crippen molar-refractivity contribution in [3.63, 3.8) is 0 Å². The van der Waals surface area contributed by atoms with Crippen molar-refractivity contribution in [3.8, 4) is 0 Å². The summed E-state index contributed by atoms with van der Waals surface area (Å²) in [5.74, 6) is 0.583. The van der Waals surface area contributed by atoms with Crippen molar-refractivity contribution in [2.45, 2.75) is 13.8 Å². The zero-order chi connectivity index (χ0) is 8.27. The smallest absolute Gasteiger partial charge is 0.178 e. The molecule has 1 aromatic rings. The summed E-state index contributed by atoms with van der Waals surface area (Å²) in [7, 11) is 0. The average Bonchev–Trinajstić information content (AvgIpc) is 2.36. The molecule has 0 unspecified atom stereocenters. The average molecular weight is 150 g/mol. The van der Waals surface area contributed by atoms with Crippen molar-refractivity contribution in [1.29, 1.82) is 5.41 Å². The Morgan fingerprint density at radius 3 is 3.09 bits per heavy atom. The van der Waals surface area contributed by atoms with Crippen LogP contribution in [0.5, 0.6) is 0 Å². The number of imidazole rings is 1. The molecule has 1 heterocycles. The van der Waals surface area contributed by atoms with Gasteiger partial charge >= 0.3 is 0 Å². The van der Waals surface area contributed by atoms with Gasteiger partial charge in [-0.25, -0.2) is 9.98 Å². The van der Waals surface area contributed by atoms with E-state index in [-0.39, 0.29) is 0 Å². The predicted octanol–water partition coefficient (Wildman–Crippen LogP) is 1.52. The van der Waals surface area contributed by atoms with Crippen LogP contribution >= 0.6 is 0 Å². The molecule has 1 rings (SSSR count). The summed E-state index contributed by atoms with van der Waals surface area (Å²) in [6.45, 7) is 3.51. The van der Waals surface area contributed by atoms with Crippen LogP contribution in [0.25, 0.3) is 0 Å². The molecule has 0 fully saturated rings. The van der Waals surface area contributed by atoms with Crippen LogP contribution in [0.4, 0.5) is 5.82 Å². The van der Waals surface area contributed by atoms with Crippen LogP contribution in [0.15, 0.2) is 11.3 Å². The van der Waals surface area contributed by atoms with Crippen LogP contribution in [-0.4, -0.2) is 21.9 Å². The minimum Gasteiger partial charge on any atom is -0.342 e. The fourth-order valence-electron chi connectivity index (χ4n) is 0.783. The zero-order valence-electron chi connectivity index (χ0n) is 6.55. The van der Waals surface area contributed by atoms with Crippen LogP contribution in [0, 0.1) is 5.41 Å². The van der Waals surface area contributed by atoms with Gasteiger partial charge in [-0.05, 0) is 13.8 Å². The van der Waals surface area contributed by atoms with Crippen molar-refractivity contribution >= 4 is 17.7 Å². The third-order valence-corrected chi connectivity index (χ3v) is 1.25. The molecule has 11 heavy (non-hydrogen) atoms. The lowest BCUT2D eigenvalue weighted by atomic mass is 10.3. The van der Waals surface area contributed by atoms with Gasteiger partial charge in [-0.1, -0.05) is 0 Å². The summed E-state index contributed by atoms with van der Waals surface area (Å²) in [5.41, 5.74) is 1.13. The Morgan fingerprint density at radius 1 is 1.82 bits per heavy atom. The Kier molecular flexibility index (Phi) is 2.15. The molecule has 4 nitrogen and oxygen atoms in total.